The average molecular weight is 491 g/mol. The third kappa shape index (κ3) is 3.81. The van der Waals surface area contributed by atoms with Crippen molar-refractivity contribution in [2.75, 3.05) is 19.8 Å². The molecule has 34 heavy (non-hydrogen) atoms. The Labute approximate surface area is 206 Å². The molecule has 4 aliphatic heterocycles. The van der Waals surface area contributed by atoms with Crippen molar-refractivity contribution in [1.82, 2.24) is 9.80 Å². The smallest absolute Gasteiger partial charge is 0.311 e. The summed E-state index contributed by atoms with van der Waals surface area (Å²) in [5, 5.41) is 10.4. The fraction of sp³-hybridized carbons (Fsp3) is 0.731. The van der Waals surface area contributed by atoms with E-state index in [1.807, 2.05) is 70.7 Å². The van der Waals surface area contributed by atoms with Crippen molar-refractivity contribution < 1.29 is 24.2 Å². The molecule has 4 rings (SSSR count). The second-order valence-electron chi connectivity index (χ2n) is 11.6. The number of nitrogens with zero attached hydrogens (tertiary/aromatic N) is 2. The van der Waals surface area contributed by atoms with Gasteiger partial charge in [0.2, 0.25) is 11.8 Å². The monoisotopic (exact) mass is 490 g/mol. The maximum Gasteiger partial charge on any atom is 0.311 e. The minimum atomic E-state index is -0.911. The second kappa shape index (κ2) is 8.70. The third-order valence-electron chi connectivity index (χ3n) is 7.61. The molecular formula is C26H38N2O5S. The number of carbonyl (C=O) groups excluding carboxylic acids is 3. The Bertz CT molecular complexity index is 925. The number of amides is 2. The van der Waals surface area contributed by atoms with E-state index < -0.39 is 39.0 Å². The molecule has 2 saturated heterocycles. The predicted molar refractivity (Wildman–Crippen MR) is 132 cm³/mol. The molecule has 0 aromatic rings. The predicted octanol–water partition coefficient (Wildman–Crippen LogP) is 2.78. The highest BCUT2D eigenvalue weighted by molar-refractivity contribution is 8.02. The van der Waals surface area contributed by atoms with E-state index in [1.54, 1.807) is 16.7 Å². The standard InChI is InChI=1S/C26H38N2O5S/c1-16(2)14-17(15-29)28-20-22(31)27(24(3,4)5)12-9-11-26(20)18(21(28)30)19-23(32)33-13-8-7-10-25(19,6)34-26/h7,9-11,16-20,29H,8,12-15H2,1-6H3/t17-,18+,19-,20?,25+,26+/m1/s1. The maximum absolute atomic E-state index is 14.3. The van der Waals surface area contributed by atoms with Gasteiger partial charge in [-0.3, -0.25) is 14.4 Å². The van der Waals surface area contributed by atoms with Crippen LogP contribution >= 0.6 is 11.8 Å². The summed E-state index contributed by atoms with van der Waals surface area (Å²) < 4.78 is 3.99. The van der Waals surface area contributed by atoms with Gasteiger partial charge in [-0.2, -0.15) is 0 Å². The zero-order chi connectivity index (χ0) is 25.1. The molecule has 4 aliphatic rings. The first-order valence-corrected chi connectivity index (χ1v) is 13.2. The Balaban J connectivity index is 1.92. The van der Waals surface area contributed by atoms with E-state index in [2.05, 4.69) is 0 Å². The number of carbonyl (C=O) groups is 3. The highest BCUT2D eigenvalue weighted by Gasteiger charge is 2.74. The van der Waals surface area contributed by atoms with Crippen LogP contribution in [0.3, 0.4) is 0 Å². The lowest BCUT2D eigenvalue weighted by atomic mass is 9.74. The Kier molecular flexibility index (Phi) is 6.47. The van der Waals surface area contributed by atoms with Crippen LogP contribution in [0.4, 0.5) is 0 Å². The third-order valence-corrected chi connectivity index (χ3v) is 9.41. The molecule has 8 heteroatoms. The van der Waals surface area contributed by atoms with Crippen LogP contribution in [0.25, 0.3) is 0 Å². The van der Waals surface area contributed by atoms with E-state index in [4.69, 9.17) is 4.74 Å². The fourth-order valence-corrected chi connectivity index (χ4v) is 8.38. The van der Waals surface area contributed by atoms with Gasteiger partial charge in [-0.15, -0.1) is 11.8 Å². The van der Waals surface area contributed by atoms with Crippen molar-refractivity contribution in [3.05, 3.63) is 24.3 Å². The lowest BCUT2D eigenvalue weighted by molar-refractivity contribution is -0.155. The average Bonchev–Trinajstić information content (AvgIpc) is 3.04. The summed E-state index contributed by atoms with van der Waals surface area (Å²) in [6.45, 7) is 12.5. The summed E-state index contributed by atoms with van der Waals surface area (Å²) in [5.74, 6) is -1.94. The lowest BCUT2D eigenvalue weighted by Crippen LogP contribution is -2.59. The van der Waals surface area contributed by atoms with E-state index in [0.29, 0.717) is 19.4 Å². The molecule has 188 valence electrons. The number of rotatable bonds is 4. The Morgan fingerprint density at radius 1 is 1.15 bits per heavy atom. The van der Waals surface area contributed by atoms with Crippen LogP contribution in [0.2, 0.25) is 0 Å². The molecule has 0 aliphatic carbocycles. The summed E-state index contributed by atoms with van der Waals surface area (Å²) in [4.78, 5) is 45.3. The maximum atomic E-state index is 14.3. The van der Waals surface area contributed by atoms with Gasteiger partial charge in [0.05, 0.1) is 35.8 Å². The molecule has 2 fully saturated rings. The van der Waals surface area contributed by atoms with Crippen molar-refractivity contribution in [3.63, 3.8) is 0 Å². The molecule has 1 N–H and O–H groups in total. The van der Waals surface area contributed by atoms with Crippen LogP contribution < -0.4 is 0 Å². The van der Waals surface area contributed by atoms with Gasteiger partial charge in [0, 0.05) is 16.8 Å². The van der Waals surface area contributed by atoms with Crippen molar-refractivity contribution in [2.45, 2.75) is 81.5 Å². The van der Waals surface area contributed by atoms with E-state index in [-0.39, 0.29) is 36.9 Å². The van der Waals surface area contributed by atoms with Gasteiger partial charge < -0.3 is 19.6 Å². The molecular weight excluding hydrogens is 452 g/mol. The Morgan fingerprint density at radius 3 is 2.47 bits per heavy atom. The quantitative estimate of drug-likeness (QED) is 0.482. The number of aliphatic hydroxyl groups excluding tert-OH is 1. The summed E-state index contributed by atoms with van der Waals surface area (Å²) >= 11 is 1.54. The van der Waals surface area contributed by atoms with Crippen LogP contribution in [0, 0.1) is 17.8 Å². The van der Waals surface area contributed by atoms with Gasteiger partial charge in [0.25, 0.3) is 0 Å². The van der Waals surface area contributed by atoms with Gasteiger partial charge in [0.1, 0.15) is 6.04 Å². The first kappa shape index (κ1) is 25.3. The zero-order valence-electron chi connectivity index (χ0n) is 21.1. The molecule has 1 spiro atoms. The molecule has 0 radical (unpaired) electrons. The lowest BCUT2D eigenvalue weighted by Gasteiger charge is -2.43. The fourth-order valence-electron chi connectivity index (χ4n) is 6.24. The zero-order valence-corrected chi connectivity index (χ0v) is 21.9. The summed E-state index contributed by atoms with van der Waals surface area (Å²) in [6.07, 6.45) is 9.24. The number of thioether (sulfide) groups is 1. The van der Waals surface area contributed by atoms with E-state index in [0.717, 1.165) is 0 Å². The second-order valence-corrected chi connectivity index (χ2v) is 13.4. The van der Waals surface area contributed by atoms with Crippen LogP contribution in [-0.4, -0.2) is 79.6 Å². The number of hydrogen-bond donors (Lipinski definition) is 1. The first-order chi connectivity index (χ1) is 15.9. The number of hydrogen-bond acceptors (Lipinski definition) is 6. The highest BCUT2D eigenvalue weighted by atomic mass is 32.2. The molecule has 7 nitrogen and oxygen atoms in total. The van der Waals surface area contributed by atoms with Crippen molar-refractivity contribution in [2.24, 2.45) is 17.8 Å². The minimum absolute atomic E-state index is 0.127. The van der Waals surface area contributed by atoms with E-state index in [9.17, 15) is 19.5 Å². The molecule has 0 aromatic heterocycles. The highest BCUT2D eigenvalue weighted by Crippen LogP contribution is 2.65. The van der Waals surface area contributed by atoms with E-state index >= 15 is 0 Å². The molecule has 0 saturated carbocycles. The molecule has 0 aromatic carbocycles. The largest absolute Gasteiger partial charge is 0.465 e. The molecule has 4 heterocycles. The molecule has 6 atom stereocenters. The van der Waals surface area contributed by atoms with E-state index in [1.165, 1.54) is 0 Å². The number of ether oxygens (including phenoxy) is 1. The number of cyclic esters (lactones) is 1. The van der Waals surface area contributed by atoms with Crippen molar-refractivity contribution >= 4 is 29.5 Å². The van der Waals surface area contributed by atoms with Gasteiger partial charge >= 0.3 is 5.97 Å². The molecule has 0 bridgehead atoms. The number of aliphatic hydroxyl groups is 1. The number of likely N-dealkylation sites (tertiary alicyclic amines) is 1. The van der Waals surface area contributed by atoms with Crippen LogP contribution in [0.5, 0.6) is 0 Å². The van der Waals surface area contributed by atoms with Crippen LogP contribution in [0.1, 0.15) is 54.4 Å². The Hall–Kier alpha value is -1.80. The van der Waals surface area contributed by atoms with Gasteiger partial charge in [-0.25, -0.2) is 0 Å². The van der Waals surface area contributed by atoms with Gasteiger partial charge in [0.15, 0.2) is 0 Å². The summed E-state index contributed by atoms with van der Waals surface area (Å²) in [7, 11) is 0. The number of fused-ring (bicyclic) bond motifs is 2. The normalized spacial score (nSPS) is 36.6. The van der Waals surface area contributed by atoms with Crippen molar-refractivity contribution in [3.8, 4) is 0 Å². The topological polar surface area (TPSA) is 87.2 Å². The van der Waals surface area contributed by atoms with Gasteiger partial charge in [-0.1, -0.05) is 38.2 Å². The molecule has 1 unspecified atom stereocenters. The Morgan fingerprint density at radius 2 is 1.85 bits per heavy atom. The van der Waals surface area contributed by atoms with Crippen molar-refractivity contribution in [1.29, 1.82) is 0 Å². The molecule has 2 amide bonds. The van der Waals surface area contributed by atoms with Gasteiger partial charge in [-0.05, 0) is 46.5 Å². The number of esters is 1. The first-order valence-electron chi connectivity index (χ1n) is 12.3. The minimum Gasteiger partial charge on any atom is -0.465 e. The summed E-state index contributed by atoms with van der Waals surface area (Å²) in [6, 6.07) is -1.29. The SMILES string of the molecule is CC(C)C[C@H](CO)N1C(=O)[C@@H]2[C@@H]3C(=O)OCCC=C[C@]3(C)S[C@@]23C=CCN(C(C)(C)C)C(=O)C13. The summed E-state index contributed by atoms with van der Waals surface area (Å²) in [5.41, 5.74) is -0.444. The van der Waals surface area contributed by atoms with Crippen LogP contribution in [-0.2, 0) is 19.1 Å². The van der Waals surface area contributed by atoms with Crippen LogP contribution in [0.15, 0.2) is 24.3 Å².